The van der Waals surface area contributed by atoms with E-state index >= 15 is 0 Å². The van der Waals surface area contributed by atoms with Gasteiger partial charge in [-0.25, -0.2) is 0 Å². The summed E-state index contributed by atoms with van der Waals surface area (Å²) in [5, 5.41) is 15.7. The zero-order valence-electron chi connectivity index (χ0n) is 8.15. The zero-order valence-corrected chi connectivity index (χ0v) is 9.78. The third kappa shape index (κ3) is 31.4. The topological polar surface area (TPSA) is 133 Å². The van der Waals surface area contributed by atoms with Gasteiger partial charge in [0.1, 0.15) is 0 Å². The normalized spacial score (nSPS) is 6.27. The minimum atomic E-state index is -0.500. The van der Waals surface area contributed by atoms with Gasteiger partial charge >= 0.3 is 29.6 Å². The number of hydrogen-bond donors (Lipinski definition) is 3. The SMILES string of the molecule is CCN(CC)C(O)=S.NC(O)=S.O.O.[NaH]. The second-order valence-electron chi connectivity index (χ2n) is 1.79. The van der Waals surface area contributed by atoms with Crippen LogP contribution in [0.5, 0.6) is 0 Å². The van der Waals surface area contributed by atoms with Gasteiger partial charge in [0.2, 0.25) is 0 Å². The Balaban J connectivity index is -0.0000000424. The molecule has 8 N–H and O–H groups in total. The molecule has 6 nitrogen and oxygen atoms in total. The quantitative estimate of drug-likeness (QED) is 0.420. The molecule has 0 amide bonds. The number of nitrogens with zero attached hydrogens (tertiary/aromatic N) is 1. The summed E-state index contributed by atoms with van der Waals surface area (Å²) in [7, 11) is 0. The molecule has 0 aromatic rings. The number of aliphatic hydroxyl groups excluding tert-OH is 2. The Morgan fingerprint density at radius 1 is 1.13 bits per heavy atom. The second kappa shape index (κ2) is 19.8. The second-order valence-corrected chi connectivity index (χ2v) is 2.58. The fourth-order valence-electron chi connectivity index (χ4n) is 0.494. The van der Waals surface area contributed by atoms with E-state index in [1.54, 1.807) is 4.90 Å². The Morgan fingerprint density at radius 2 is 1.33 bits per heavy atom. The molecule has 0 aliphatic carbocycles. The Morgan fingerprint density at radius 3 is 1.33 bits per heavy atom. The van der Waals surface area contributed by atoms with Crippen LogP contribution in [0, 0.1) is 0 Å². The predicted molar refractivity (Wildman–Crippen MR) is 71.9 cm³/mol. The van der Waals surface area contributed by atoms with E-state index < -0.39 is 5.17 Å². The molecule has 0 aromatic carbocycles. The van der Waals surface area contributed by atoms with Crippen molar-refractivity contribution in [1.82, 2.24) is 4.90 Å². The van der Waals surface area contributed by atoms with Crippen molar-refractivity contribution in [2.75, 3.05) is 13.1 Å². The fraction of sp³-hybridized carbons (Fsp3) is 0.667. The molecule has 0 radical (unpaired) electrons. The first-order valence-corrected chi connectivity index (χ1v) is 4.23. The van der Waals surface area contributed by atoms with Crippen molar-refractivity contribution in [3.05, 3.63) is 0 Å². The number of nitrogens with two attached hydrogens (primary N) is 1. The maximum atomic E-state index is 8.67. The molecule has 0 atom stereocenters. The van der Waals surface area contributed by atoms with Crippen LogP contribution in [0.1, 0.15) is 13.8 Å². The maximum absolute atomic E-state index is 8.67. The summed E-state index contributed by atoms with van der Waals surface area (Å²) < 4.78 is 0. The molecule has 0 saturated heterocycles. The van der Waals surface area contributed by atoms with Crippen molar-refractivity contribution in [2.45, 2.75) is 13.8 Å². The molecule has 0 rings (SSSR count). The fourth-order valence-corrected chi connectivity index (χ4v) is 0.752. The number of rotatable bonds is 2. The predicted octanol–water partition coefficient (Wildman–Crippen LogP) is -1.34. The molecular weight excluding hydrogens is 251 g/mol. The monoisotopic (exact) mass is 270 g/mol. The standard InChI is InChI=1S/C5H11NOS.CH3NOS.Na.2H2O.H/c1-3-6(4-2)5(7)8;2-1(3)4;;;;/h3-4H2,1-2H3,(H,7,8);(H3,2,3,4);;2*1H2;. The van der Waals surface area contributed by atoms with Gasteiger partial charge in [0.25, 0.3) is 10.3 Å². The summed E-state index contributed by atoms with van der Waals surface area (Å²) in [5.41, 5.74) is 4.40. The Labute approximate surface area is 122 Å². The van der Waals surface area contributed by atoms with Crippen molar-refractivity contribution < 1.29 is 21.2 Å². The summed E-state index contributed by atoms with van der Waals surface area (Å²) in [5.74, 6) is 0. The molecule has 0 unspecified atom stereocenters. The number of hydrogen-bond acceptors (Lipinski definition) is 2. The van der Waals surface area contributed by atoms with Crippen LogP contribution >= 0.6 is 24.4 Å². The van der Waals surface area contributed by atoms with E-state index in [1.807, 2.05) is 13.8 Å². The van der Waals surface area contributed by atoms with Crippen LogP contribution in [-0.2, 0) is 0 Å². The van der Waals surface area contributed by atoms with Gasteiger partial charge in [-0.2, -0.15) is 0 Å². The summed E-state index contributed by atoms with van der Waals surface area (Å²) in [6.45, 7) is 5.47. The van der Waals surface area contributed by atoms with Crippen LogP contribution in [0.2, 0.25) is 0 Å². The summed E-state index contributed by atoms with van der Waals surface area (Å²) >= 11 is 8.37. The van der Waals surface area contributed by atoms with E-state index in [0.717, 1.165) is 13.1 Å². The van der Waals surface area contributed by atoms with Gasteiger partial charge in [0.05, 0.1) is 0 Å². The Bertz CT molecular complexity index is 154. The van der Waals surface area contributed by atoms with Crippen LogP contribution in [0.25, 0.3) is 0 Å². The van der Waals surface area contributed by atoms with Gasteiger partial charge < -0.3 is 31.8 Å². The van der Waals surface area contributed by atoms with Gasteiger partial charge in [-0.3, -0.25) is 0 Å². The minimum absolute atomic E-state index is 0. The van der Waals surface area contributed by atoms with Crippen molar-refractivity contribution in [3.8, 4) is 0 Å². The molecule has 0 fully saturated rings. The third-order valence-corrected chi connectivity index (χ3v) is 1.29. The van der Waals surface area contributed by atoms with E-state index in [4.69, 9.17) is 10.2 Å². The van der Waals surface area contributed by atoms with E-state index in [9.17, 15) is 0 Å². The van der Waals surface area contributed by atoms with Gasteiger partial charge in [-0.05, 0) is 38.3 Å². The van der Waals surface area contributed by atoms with Crippen LogP contribution < -0.4 is 5.73 Å². The van der Waals surface area contributed by atoms with Crippen LogP contribution in [0.15, 0.2) is 0 Å². The first kappa shape index (κ1) is 29.5. The van der Waals surface area contributed by atoms with Crippen molar-refractivity contribution in [2.24, 2.45) is 5.73 Å². The third-order valence-electron chi connectivity index (χ3n) is 1.03. The molecule has 0 aromatic heterocycles. The van der Waals surface area contributed by atoms with Crippen LogP contribution in [0.4, 0.5) is 0 Å². The molecule has 0 aliphatic rings. The van der Waals surface area contributed by atoms with Gasteiger partial charge in [-0.15, -0.1) is 0 Å². The summed E-state index contributed by atoms with van der Waals surface area (Å²) in [6, 6.07) is 0. The molecule has 9 heteroatoms. The van der Waals surface area contributed by atoms with Gasteiger partial charge in [0.15, 0.2) is 0 Å². The summed E-state index contributed by atoms with van der Waals surface area (Å²) in [4.78, 5) is 1.70. The molecule has 15 heavy (non-hydrogen) atoms. The van der Waals surface area contributed by atoms with E-state index in [1.165, 1.54) is 0 Å². The zero-order chi connectivity index (χ0) is 10.1. The molecule has 0 heterocycles. The van der Waals surface area contributed by atoms with Crippen molar-refractivity contribution in [1.29, 1.82) is 0 Å². The molecule has 0 aliphatic heterocycles. The van der Waals surface area contributed by atoms with Gasteiger partial charge in [0, 0.05) is 13.1 Å². The average molecular weight is 270 g/mol. The molecule has 0 saturated carbocycles. The van der Waals surface area contributed by atoms with Gasteiger partial charge in [-0.1, -0.05) is 0 Å². The number of thiocarbonyl (C=S) groups is 2. The average Bonchev–Trinajstić information content (AvgIpc) is 1.87. The number of aliphatic hydroxyl groups is 2. The summed E-state index contributed by atoms with van der Waals surface area (Å²) in [6.07, 6.45) is 0. The van der Waals surface area contributed by atoms with Crippen molar-refractivity contribution in [3.63, 3.8) is 0 Å². The first-order chi connectivity index (χ1) is 5.45. The van der Waals surface area contributed by atoms with Crippen molar-refractivity contribution >= 4 is 64.3 Å². The molecule has 0 spiro atoms. The van der Waals surface area contributed by atoms with E-state index in [0.29, 0.717) is 0 Å². The Kier molecular flexibility index (Phi) is 38.9. The van der Waals surface area contributed by atoms with Crippen LogP contribution in [0.3, 0.4) is 0 Å². The molecular formula is C6H19N2NaO4S2. The van der Waals surface area contributed by atoms with E-state index in [-0.39, 0.29) is 45.7 Å². The molecule has 0 bridgehead atoms. The van der Waals surface area contributed by atoms with Crippen LogP contribution in [-0.4, -0.2) is 79.1 Å². The first-order valence-electron chi connectivity index (χ1n) is 3.41. The molecule has 90 valence electrons. The Hall–Kier alpha value is 0.300. The van der Waals surface area contributed by atoms with E-state index in [2.05, 4.69) is 30.2 Å².